The molecule has 2 N–H and O–H groups in total. The molecule has 0 radical (unpaired) electrons. The Hall–Kier alpha value is -1.80. The summed E-state index contributed by atoms with van der Waals surface area (Å²) in [4.78, 5) is 0. The Labute approximate surface area is 126 Å². The minimum Gasteiger partial charge on any atom is -0.490 e. The number of ether oxygens (including phenoxy) is 1. The number of hydrogen-bond donors (Lipinski definition) is 1. The van der Waals surface area contributed by atoms with Crippen molar-refractivity contribution in [2.75, 3.05) is 0 Å². The van der Waals surface area contributed by atoms with Gasteiger partial charge in [-0.05, 0) is 30.9 Å². The molecule has 2 heteroatoms. The first-order valence-electron chi connectivity index (χ1n) is 7.71. The summed E-state index contributed by atoms with van der Waals surface area (Å²) in [5.41, 5.74) is 10.1. The number of fused-ring (bicyclic) bond motifs is 1. The summed E-state index contributed by atoms with van der Waals surface area (Å²) in [7, 11) is 0. The van der Waals surface area contributed by atoms with Gasteiger partial charge in [-0.1, -0.05) is 55.0 Å². The lowest BCUT2D eigenvalue weighted by atomic mass is 9.89. The summed E-state index contributed by atoms with van der Waals surface area (Å²) in [6, 6.07) is 17.0. The molecule has 1 aliphatic heterocycles. The van der Waals surface area contributed by atoms with Crippen LogP contribution in [0.15, 0.2) is 48.5 Å². The Morgan fingerprint density at radius 2 is 1.95 bits per heavy atom. The second kappa shape index (κ2) is 5.90. The predicted octanol–water partition coefficient (Wildman–Crippen LogP) is 4.34. The van der Waals surface area contributed by atoms with Crippen LogP contribution < -0.4 is 10.5 Å². The third kappa shape index (κ3) is 3.11. The van der Waals surface area contributed by atoms with Crippen LogP contribution in [0.2, 0.25) is 0 Å². The van der Waals surface area contributed by atoms with Crippen LogP contribution in [-0.4, -0.2) is 6.10 Å². The molecule has 1 aliphatic rings. The van der Waals surface area contributed by atoms with Crippen LogP contribution in [0.25, 0.3) is 0 Å². The van der Waals surface area contributed by atoms with Gasteiger partial charge in [-0.25, -0.2) is 0 Å². The van der Waals surface area contributed by atoms with Gasteiger partial charge in [0.2, 0.25) is 0 Å². The number of rotatable bonds is 3. The highest BCUT2D eigenvalue weighted by molar-refractivity contribution is 5.40. The summed E-state index contributed by atoms with van der Waals surface area (Å²) in [5.74, 6) is 1.44. The minimum atomic E-state index is 0.0848. The quantitative estimate of drug-likeness (QED) is 0.908. The molecule has 0 aliphatic carbocycles. The molecule has 0 fully saturated rings. The van der Waals surface area contributed by atoms with Crippen LogP contribution >= 0.6 is 0 Å². The smallest absolute Gasteiger partial charge is 0.124 e. The van der Waals surface area contributed by atoms with E-state index in [2.05, 4.69) is 62.4 Å². The molecule has 3 atom stereocenters. The summed E-state index contributed by atoms with van der Waals surface area (Å²) < 4.78 is 6.17. The molecular weight excluding hydrogens is 258 g/mol. The molecule has 2 aromatic carbocycles. The topological polar surface area (TPSA) is 35.2 Å². The zero-order valence-corrected chi connectivity index (χ0v) is 12.8. The van der Waals surface area contributed by atoms with Gasteiger partial charge in [0.05, 0.1) is 0 Å². The maximum atomic E-state index is 6.34. The van der Waals surface area contributed by atoms with Crippen LogP contribution in [0.5, 0.6) is 5.75 Å². The fourth-order valence-corrected chi connectivity index (χ4v) is 3.16. The minimum absolute atomic E-state index is 0.0848. The first-order valence-corrected chi connectivity index (χ1v) is 7.71. The molecule has 3 unspecified atom stereocenters. The molecule has 3 rings (SSSR count). The fourth-order valence-electron chi connectivity index (χ4n) is 3.16. The van der Waals surface area contributed by atoms with Crippen LogP contribution in [0.1, 0.15) is 48.4 Å². The predicted molar refractivity (Wildman–Crippen MR) is 86.6 cm³/mol. The Kier molecular flexibility index (Phi) is 3.98. The maximum Gasteiger partial charge on any atom is 0.124 e. The second-order valence-electron chi connectivity index (χ2n) is 6.17. The van der Waals surface area contributed by atoms with E-state index in [0.29, 0.717) is 5.92 Å². The zero-order valence-electron chi connectivity index (χ0n) is 12.8. The van der Waals surface area contributed by atoms with Crippen molar-refractivity contribution in [1.29, 1.82) is 0 Å². The second-order valence-corrected chi connectivity index (χ2v) is 6.17. The number of benzene rings is 2. The van der Waals surface area contributed by atoms with E-state index in [1.807, 2.05) is 0 Å². The van der Waals surface area contributed by atoms with Gasteiger partial charge in [0.1, 0.15) is 11.9 Å². The number of hydrogen-bond acceptors (Lipinski definition) is 2. The van der Waals surface area contributed by atoms with Crippen molar-refractivity contribution in [2.24, 2.45) is 5.73 Å². The average Bonchev–Trinajstić information content (AvgIpc) is 2.49. The molecule has 1 heterocycles. The van der Waals surface area contributed by atoms with E-state index < -0.39 is 0 Å². The van der Waals surface area contributed by atoms with Crippen molar-refractivity contribution in [1.82, 2.24) is 0 Å². The Morgan fingerprint density at radius 1 is 1.19 bits per heavy atom. The van der Waals surface area contributed by atoms with Crippen LogP contribution in [0.4, 0.5) is 0 Å². The highest BCUT2D eigenvalue weighted by Crippen LogP contribution is 2.36. The maximum absolute atomic E-state index is 6.34. The lowest BCUT2D eigenvalue weighted by Gasteiger charge is -2.32. The molecule has 0 aromatic heterocycles. The van der Waals surface area contributed by atoms with Crippen molar-refractivity contribution < 1.29 is 4.74 Å². The molecule has 0 saturated carbocycles. The van der Waals surface area contributed by atoms with E-state index in [4.69, 9.17) is 10.5 Å². The molecule has 110 valence electrons. The van der Waals surface area contributed by atoms with Gasteiger partial charge in [0.15, 0.2) is 0 Å². The van der Waals surface area contributed by atoms with Gasteiger partial charge in [0.25, 0.3) is 0 Å². The summed E-state index contributed by atoms with van der Waals surface area (Å²) in [6.07, 6.45) is 2.10. The van der Waals surface area contributed by atoms with Crippen LogP contribution in [-0.2, 0) is 0 Å². The molecule has 2 nitrogen and oxygen atoms in total. The first kappa shape index (κ1) is 14.2. The van der Waals surface area contributed by atoms with Gasteiger partial charge in [-0.3, -0.25) is 0 Å². The highest BCUT2D eigenvalue weighted by Gasteiger charge is 2.27. The van der Waals surface area contributed by atoms with Crippen molar-refractivity contribution in [3.8, 4) is 5.75 Å². The summed E-state index contributed by atoms with van der Waals surface area (Å²) in [6.45, 7) is 4.35. The van der Waals surface area contributed by atoms with Gasteiger partial charge in [-0.2, -0.15) is 0 Å². The van der Waals surface area contributed by atoms with Crippen molar-refractivity contribution in [3.05, 3.63) is 65.2 Å². The van der Waals surface area contributed by atoms with E-state index in [1.165, 1.54) is 11.1 Å². The molecule has 2 aromatic rings. The normalized spacial score (nSPS) is 22.2. The van der Waals surface area contributed by atoms with E-state index in [0.717, 1.165) is 24.2 Å². The molecule has 0 spiro atoms. The Bertz CT molecular complexity index is 608. The van der Waals surface area contributed by atoms with Crippen LogP contribution in [0.3, 0.4) is 0 Å². The lowest BCUT2D eigenvalue weighted by Crippen LogP contribution is -2.30. The third-order valence-corrected chi connectivity index (χ3v) is 4.36. The Morgan fingerprint density at radius 3 is 2.71 bits per heavy atom. The SMILES string of the molecule is Cc1ccc2c(c1)C(N)CC(CC(C)c1ccccc1)O2. The van der Waals surface area contributed by atoms with Crippen molar-refractivity contribution in [2.45, 2.75) is 44.8 Å². The Balaban J connectivity index is 1.73. The van der Waals surface area contributed by atoms with E-state index >= 15 is 0 Å². The fraction of sp³-hybridized carbons (Fsp3) is 0.368. The van der Waals surface area contributed by atoms with Crippen LogP contribution in [0, 0.1) is 6.92 Å². The van der Waals surface area contributed by atoms with Gasteiger partial charge >= 0.3 is 0 Å². The number of nitrogens with two attached hydrogens (primary N) is 1. The lowest BCUT2D eigenvalue weighted by molar-refractivity contribution is 0.143. The monoisotopic (exact) mass is 281 g/mol. The van der Waals surface area contributed by atoms with E-state index in [1.54, 1.807) is 0 Å². The zero-order chi connectivity index (χ0) is 14.8. The van der Waals surface area contributed by atoms with Gasteiger partial charge in [-0.15, -0.1) is 0 Å². The van der Waals surface area contributed by atoms with E-state index in [-0.39, 0.29) is 12.1 Å². The standard InChI is InChI=1S/C19H23NO/c1-13-8-9-19-17(10-13)18(20)12-16(21-19)11-14(2)15-6-4-3-5-7-15/h3-10,14,16,18H,11-12,20H2,1-2H3. The highest BCUT2D eigenvalue weighted by atomic mass is 16.5. The molecule has 0 saturated heterocycles. The third-order valence-electron chi connectivity index (χ3n) is 4.36. The molecular formula is C19H23NO. The molecule has 0 amide bonds. The van der Waals surface area contributed by atoms with Crippen molar-refractivity contribution >= 4 is 0 Å². The largest absolute Gasteiger partial charge is 0.490 e. The number of aryl methyl sites for hydroxylation is 1. The summed E-state index contributed by atoms with van der Waals surface area (Å²) >= 11 is 0. The summed E-state index contributed by atoms with van der Waals surface area (Å²) in [5, 5.41) is 0. The molecule has 21 heavy (non-hydrogen) atoms. The van der Waals surface area contributed by atoms with Crippen molar-refractivity contribution in [3.63, 3.8) is 0 Å². The molecule has 0 bridgehead atoms. The first-order chi connectivity index (χ1) is 10.1. The van der Waals surface area contributed by atoms with Gasteiger partial charge < -0.3 is 10.5 Å². The van der Waals surface area contributed by atoms with Gasteiger partial charge in [0, 0.05) is 18.0 Å². The average molecular weight is 281 g/mol. The van der Waals surface area contributed by atoms with E-state index in [9.17, 15) is 0 Å².